The molecule has 6 nitrogen and oxygen atoms in total. The van der Waals surface area contributed by atoms with Gasteiger partial charge in [0.1, 0.15) is 0 Å². The van der Waals surface area contributed by atoms with E-state index in [-0.39, 0.29) is 13.2 Å². The standard InChI is InChI=1S/C13H22O6/c14-12-16-8-4-2-1-3-5-9-17-13(15)19-11-7-6-10-18-12/h1-11H2. The predicted molar refractivity (Wildman–Crippen MR) is 66.9 cm³/mol. The van der Waals surface area contributed by atoms with E-state index >= 15 is 0 Å². The van der Waals surface area contributed by atoms with Crippen LogP contribution in [0.2, 0.25) is 0 Å². The summed E-state index contributed by atoms with van der Waals surface area (Å²) >= 11 is 0. The molecule has 0 unspecified atom stereocenters. The van der Waals surface area contributed by atoms with Gasteiger partial charge < -0.3 is 18.9 Å². The molecule has 1 heterocycles. The van der Waals surface area contributed by atoms with Crippen molar-refractivity contribution in [2.45, 2.75) is 44.9 Å². The molecule has 0 aliphatic carbocycles. The highest BCUT2D eigenvalue weighted by Crippen LogP contribution is 2.05. The average molecular weight is 274 g/mol. The Kier molecular flexibility index (Phi) is 8.59. The highest BCUT2D eigenvalue weighted by molar-refractivity contribution is 5.60. The lowest BCUT2D eigenvalue weighted by Gasteiger charge is -2.06. The van der Waals surface area contributed by atoms with E-state index in [4.69, 9.17) is 18.9 Å². The van der Waals surface area contributed by atoms with Crippen molar-refractivity contribution in [1.29, 1.82) is 0 Å². The summed E-state index contributed by atoms with van der Waals surface area (Å²) in [6.07, 6.45) is 4.67. The monoisotopic (exact) mass is 274 g/mol. The van der Waals surface area contributed by atoms with Gasteiger partial charge in [-0.15, -0.1) is 0 Å². The summed E-state index contributed by atoms with van der Waals surface area (Å²) in [4.78, 5) is 22.3. The van der Waals surface area contributed by atoms with Gasteiger partial charge in [0.15, 0.2) is 0 Å². The highest BCUT2D eigenvalue weighted by Gasteiger charge is 2.06. The number of rotatable bonds is 0. The first kappa shape index (κ1) is 15.6. The van der Waals surface area contributed by atoms with Gasteiger partial charge in [0.2, 0.25) is 0 Å². The number of carbonyl (C=O) groups is 2. The zero-order valence-corrected chi connectivity index (χ0v) is 11.2. The van der Waals surface area contributed by atoms with Gasteiger partial charge in [-0.05, 0) is 25.7 Å². The first-order valence-corrected chi connectivity index (χ1v) is 6.88. The van der Waals surface area contributed by atoms with E-state index in [9.17, 15) is 9.59 Å². The van der Waals surface area contributed by atoms with E-state index in [1.54, 1.807) is 0 Å². The van der Waals surface area contributed by atoms with Crippen LogP contribution in [0.5, 0.6) is 0 Å². The van der Waals surface area contributed by atoms with Crippen LogP contribution in [0.1, 0.15) is 44.9 Å². The van der Waals surface area contributed by atoms with Crippen LogP contribution >= 0.6 is 0 Å². The second kappa shape index (κ2) is 10.5. The summed E-state index contributed by atoms with van der Waals surface area (Å²) in [5, 5.41) is 0. The molecule has 0 aromatic carbocycles. The zero-order chi connectivity index (χ0) is 13.8. The second-order valence-corrected chi connectivity index (χ2v) is 4.37. The lowest BCUT2D eigenvalue weighted by atomic mass is 10.1. The molecule has 0 saturated carbocycles. The fourth-order valence-corrected chi connectivity index (χ4v) is 1.64. The second-order valence-electron chi connectivity index (χ2n) is 4.37. The quantitative estimate of drug-likeness (QED) is 0.632. The summed E-state index contributed by atoms with van der Waals surface area (Å²) in [7, 11) is 0. The van der Waals surface area contributed by atoms with Gasteiger partial charge in [0.05, 0.1) is 26.4 Å². The first-order chi connectivity index (χ1) is 9.29. The lowest BCUT2D eigenvalue weighted by molar-refractivity contribution is 0.0439. The molecule has 0 aromatic rings. The Morgan fingerprint density at radius 1 is 0.474 bits per heavy atom. The van der Waals surface area contributed by atoms with Crippen LogP contribution in [0.4, 0.5) is 9.59 Å². The molecule has 0 N–H and O–H groups in total. The fraction of sp³-hybridized carbons (Fsp3) is 0.846. The molecule has 19 heavy (non-hydrogen) atoms. The van der Waals surface area contributed by atoms with Crippen LogP contribution in [-0.4, -0.2) is 38.7 Å². The van der Waals surface area contributed by atoms with Gasteiger partial charge in [-0.25, -0.2) is 9.59 Å². The maximum absolute atomic E-state index is 11.1. The first-order valence-electron chi connectivity index (χ1n) is 6.88. The van der Waals surface area contributed by atoms with Crippen molar-refractivity contribution in [2.75, 3.05) is 26.4 Å². The van der Waals surface area contributed by atoms with Gasteiger partial charge in [-0.2, -0.15) is 0 Å². The van der Waals surface area contributed by atoms with Crippen LogP contribution in [-0.2, 0) is 18.9 Å². The van der Waals surface area contributed by atoms with E-state index < -0.39 is 12.3 Å². The van der Waals surface area contributed by atoms with Gasteiger partial charge in [-0.3, -0.25) is 0 Å². The van der Waals surface area contributed by atoms with Crippen LogP contribution < -0.4 is 0 Å². The Hall–Kier alpha value is -1.46. The summed E-state index contributed by atoms with van der Waals surface area (Å²) < 4.78 is 19.5. The maximum atomic E-state index is 11.1. The molecule has 1 rings (SSSR count). The van der Waals surface area contributed by atoms with Crippen LogP contribution in [0.25, 0.3) is 0 Å². The highest BCUT2D eigenvalue weighted by atomic mass is 16.7. The molecule has 1 saturated heterocycles. The van der Waals surface area contributed by atoms with Crippen LogP contribution in [0, 0.1) is 0 Å². The number of hydrogen-bond donors (Lipinski definition) is 0. The van der Waals surface area contributed by atoms with E-state index in [0.717, 1.165) is 32.1 Å². The average Bonchev–Trinajstić information content (AvgIpc) is 2.40. The Balaban J connectivity index is 2.21. The van der Waals surface area contributed by atoms with Crippen molar-refractivity contribution in [2.24, 2.45) is 0 Å². The number of ether oxygens (including phenoxy) is 4. The maximum Gasteiger partial charge on any atom is 0.508 e. The minimum absolute atomic E-state index is 0.275. The van der Waals surface area contributed by atoms with Gasteiger partial charge >= 0.3 is 12.3 Å². The molecule has 1 aliphatic heterocycles. The molecule has 0 radical (unpaired) electrons. The SMILES string of the molecule is O=C1OCCCCCCCOC(=O)OCCCCO1. The third-order valence-electron chi connectivity index (χ3n) is 2.71. The van der Waals surface area contributed by atoms with Crippen molar-refractivity contribution >= 4 is 12.3 Å². The van der Waals surface area contributed by atoms with Gasteiger partial charge in [0.25, 0.3) is 0 Å². The molecule has 110 valence electrons. The van der Waals surface area contributed by atoms with Crippen molar-refractivity contribution < 1.29 is 28.5 Å². The minimum atomic E-state index is -0.621. The van der Waals surface area contributed by atoms with Crippen molar-refractivity contribution in [3.63, 3.8) is 0 Å². The molecular weight excluding hydrogens is 252 g/mol. The van der Waals surface area contributed by atoms with E-state index in [1.165, 1.54) is 0 Å². The molecule has 0 atom stereocenters. The molecular formula is C13H22O6. The zero-order valence-electron chi connectivity index (χ0n) is 11.2. The Morgan fingerprint density at radius 2 is 0.737 bits per heavy atom. The summed E-state index contributed by atoms with van der Waals surface area (Å²) in [5.74, 6) is 0. The largest absolute Gasteiger partial charge is 0.508 e. The molecule has 1 fully saturated rings. The Morgan fingerprint density at radius 3 is 1.11 bits per heavy atom. The summed E-state index contributed by atoms with van der Waals surface area (Å²) in [6.45, 7) is 1.35. The van der Waals surface area contributed by atoms with E-state index in [1.807, 2.05) is 0 Å². The topological polar surface area (TPSA) is 71.1 Å². The molecule has 0 amide bonds. The molecule has 0 aromatic heterocycles. The smallest absolute Gasteiger partial charge is 0.434 e. The summed E-state index contributed by atoms with van der Waals surface area (Å²) in [5.41, 5.74) is 0. The minimum Gasteiger partial charge on any atom is -0.434 e. The molecule has 6 heteroatoms. The third kappa shape index (κ3) is 9.16. The van der Waals surface area contributed by atoms with Crippen molar-refractivity contribution in [3.8, 4) is 0 Å². The van der Waals surface area contributed by atoms with Crippen LogP contribution in [0.3, 0.4) is 0 Å². The Labute approximate surface area is 113 Å². The Bertz CT molecular complexity index is 240. The third-order valence-corrected chi connectivity index (χ3v) is 2.71. The lowest BCUT2D eigenvalue weighted by Crippen LogP contribution is -2.11. The summed E-state index contributed by atoms with van der Waals surface area (Å²) in [6, 6.07) is 0. The van der Waals surface area contributed by atoms with Crippen LogP contribution in [0.15, 0.2) is 0 Å². The predicted octanol–water partition coefficient (Wildman–Crippen LogP) is 3.04. The van der Waals surface area contributed by atoms with Gasteiger partial charge in [0, 0.05) is 0 Å². The van der Waals surface area contributed by atoms with E-state index in [0.29, 0.717) is 26.1 Å². The van der Waals surface area contributed by atoms with Crippen molar-refractivity contribution in [3.05, 3.63) is 0 Å². The number of carbonyl (C=O) groups excluding carboxylic acids is 2. The number of cyclic esters (lactones) is 4. The molecule has 0 spiro atoms. The molecule has 0 bridgehead atoms. The van der Waals surface area contributed by atoms with Gasteiger partial charge in [-0.1, -0.05) is 19.3 Å². The fourth-order valence-electron chi connectivity index (χ4n) is 1.64. The van der Waals surface area contributed by atoms with Crippen molar-refractivity contribution in [1.82, 2.24) is 0 Å². The normalized spacial score (nSPS) is 21.3. The molecule has 1 aliphatic rings. The van der Waals surface area contributed by atoms with E-state index in [2.05, 4.69) is 0 Å². The number of hydrogen-bond acceptors (Lipinski definition) is 6.